The number of thiol groups is 1. The molecular formula is C20H26N6O6S. The first-order valence-corrected chi connectivity index (χ1v) is 10.5. The van der Waals surface area contributed by atoms with Gasteiger partial charge in [0.15, 0.2) is 0 Å². The van der Waals surface area contributed by atoms with E-state index in [0.29, 0.717) is 5.69 Å². The lowest BCUT2D eigenvalue weighted by molar-refractivity contribution is -0.142. The lowest BCUT2D eigenvalue weighted by Crippen LogP contribution is -2.55. The predicted molar refractivity (Wildman–Crippen MR) is 120 cm³/mol. The smallest absolute Gasteiger partial charge is 0.326 e. The van der Waals surface area contributed by atoms with Crippen molar-refractivity contribution in [1.29, 1.82) is 0 Å². The van der Waals surface area contributed by atoms with Gasteiger partial charge in [-0.05, 0) is 24.1 Å². The van der Waals surface area contributed by atoms with Gasteiger partial charge in [0.2, 0.25) is 17.7 Å². The number of nitrogens with zero attached hydrogens (tertiary/aromatic N) is 1. The van der Waals surface area contributed by atoms with E-state index in [-0.39, 0.29) is 24.3 Å². The first-order valence-electron chi connectivity index (χ1n) is 9.91. The Labute approximate surface area is 194 Å². The van der Waals surface area contributed by atoms with Crippen LogP contribution < -0.4 is 21.7 Å². The SMILES string of the molecule is NC(Cc1ccc(O)cc1)C(=O)NCC(=O)NC(CS)C(=O)NC(Cc1cnc[nH]1)C(=O)O. The van der Waals surface area contributed by atoms with Crippen molar-refractivity contribution in [1.82, 2.24) is 25.9 Å². The molecule has 0 saturated carbocycles. The maximum atomic E-state index is 12.4. The number of rotatable bonds is 12. The van der Waals surface area contributed by atoms with Crippen LogP contribution in [0.4, 0.5) is 0 Å². The fourth-order valence-electron chi connectivity index (χ4n) is 2.81. The van der Waals surface area contributed by atoms with Crippen LogP contribution in [-0.2, 0) is 32.0 Å². The number of carbonyl (C=O) groups excluding carboxylic acids is 3. The third-order valence-electron chi connectivity index (χ3n) is 4.58. The average molecular weight is 479 g/mol. The maximum absolute atomic E-state index is 12.4. The standard InChI is InChI=1S/C20H26N6O6S/c21-14(5-11-1-3-13(27)4-2-11)18(29)23-8-17(28)25-16(9-33)19(30)26-15(20(31)32)6-12-7-22-10-24-12/h1-4,7,10,14-16,27,33H,5-6,8-9,21H2,(H,22,24)(H,23,29)(H,25,28)(H,26,30)(H,31,32). The Kier molecular flexibility index (Phi) is 9.69. The second-order valence-corrected chi connectivity index (χ2v) is 7.54. The Morgan fingerprint density at radius 2 is 1.76 bits per heavy atom. The van der Waals surface area contributed by atoms with Crippen molar-refractivity contribution < 1.29 is 29.4 Å². The van der Waals surface area contributed by atoms with Crippen LogP contribution in [0.1, 0.15) is 11.3 Å². The van der Waals surface area contributed by atoms with Gasteiger partial charge in [0.1, 0.15) is 17.8 Å². The fourth-order valence-corrected chi connectivity index (χ4v) is 3.06. The maximum Gasteiger partial charge on any atom is 0.326 e. The van der Waals surface area contributed by atoms with E-state index < -0.39 is 48.4 Å². The number of nitrogens with two attached hydrogens (primary N) is 1. The molecule has 0 radical (unpaired) electrons. The van der Waals surface area contributed by atoms with Crippen molar-refractivity contribution in [3.63, 3.8) is 0 Å². The second-order valence-electron chi connectivity index (χ2n) is 7.18. The van der Waals surface area contributed by atoms with E-state index in [1.165, 1.54) is 24.7 Å². The largest absolute Gasteiger partial charge is 0.508 e. The van der Waals surface area contributed by atoms with Crippen LogP contribution in [0.5, 0.6) is 5.75 Å². The van der Waals surface area contributed by atoms with Gasteiger partial charge in [0.05, 0.1) is 18.9 Å². The van der Waals surface area contributed by atoms with Gasteiger partial charge in [-0.25, -0.2) is 9.78 Å². The molecule has 1 aromatic carbocycles. The summed E-state index contributed by atoms with van der Waals surface area (Å²) in [6.45, 7) is -0.434. The number of nitrogens with one attached hydrogen (secondary N) is 4. The minimum atomic E-state index is -1.25. The van der Waals surface area contributed by atoms with E-state index in [2.05, 4.69) is 38.5 Å². The lowest BCUT2D eigenvalue weighted by Gasteiger charge is -2.20. The highest BCUT2D eigenvalue weighted by molar-refractivity contribution is 7.80. The molecule has 12 nitrogen and oxygen atoms in total. The molecule has 2 rings (SSSR count). The van der Waals surface area contributed by atoms with E-state index in [1.807, 2.05) is 0 Å². The molecule has 178 valence electrons. The number of carboxylic acid groups (broad SMARTS) is 1. The van der Waals surface area contributed by atoms with Gasteiger partial charge in [0.25, 0.3) is 0 Å². The van der Waals surface area contributed by atoms with Gasteiger partial charge < -0.3 is 36.9 Å². The Balaban J connectivity index is 1.82. The van der Waals surface area contributed by atoms with Crippen LogP contribution in [0.25, 0.3) is 0 Å². The molecule has 0 saturated heterocycles. The number of aromatic hydroxyl groups is 1. The molecule has 1 aromatic heterocycles. The molecule has 0 fully saturated rings. The van der Waals surface area contributed by atoms with E-state index in [9.17, 15) is 29.4 Å². The predicted octanol–water partition coefficient (Wildman–Crippen LogP) is -1.67. The van der Waals surface area contributed by atoms with Crippen LogP contribution in [0.2, 0.25) is 0 Å². The summed E-state index contributed by atoms with van der Waals surface area (Å²) in [6.07, 6.45) is 3.00. The summed E-state index contributed by atoms with van der Waals surface area (Å²) in [5.41, 5.74) is 7.09. The van der Waals surface area contributed by atoms with Crippen LogP contribution in [0, 0.1) is 0 Å². The second kappa shape index (κ2) is 12.5. The minimum absolute atomic E-state index is 0.0245. The Morgan fingerprint density at radius 3 is 2.33 bits per heavy atom. The van der Waals surface area contributed by atoms with E-state index >= 15 is 0 Å². The van der Waals surface area contributed by atoms with Crippen molar-refractivity contribution in [2.75, 3.05) is 12.3 Å². The van der Waals surface area contributed by atoms with Gasteiger partial charge in [-0.3, -0.25) is 14.4 Å². The number of carbonyl (C=O) groups is 4. The number of imidazole rings is 1. The van der Waals surface area contributed by atoms with E-state index in [1.54, 1.807) is 12.1 Å². The quantitative estimate of drug-likeness (QED) is 0.165. The average Bonchev–Trinajstić information content (AvgIpc) is 3.29. The zero-order valence-electron chi connectivity index (χ0n) is 17.5. The number of aliphatic carboxylic acids is 1. The summed E-state index contributed by atoms with van der Waals surface area (Å²) < 4.78 is 0. The van der Waals surface area contributed by atoms with Gasteiger partial charge in [-0.1, -0.05) is 12.1 Å². The number of phenols is 1. The van der Waals surface area contributed by atoms with Crippen molar-refractivity contribution in [2.24, 2.45) is 5.73 Å². The first-order chi connectivity index (χ1) is 15.7. The molecule has 1 heterocycles. The van der Waals surface area contributed by atoms with Crippen molar-refractivity contribution >= 4 is 36.3 Å². The molecule has 0 aliphatic carbocycles. The van der Waals surface area contributed by atoms with Crippen LogP contribution in [-0.4, -0.2) is 74.3 Å². The van der Waals surface area contributed by atoms with Gasteiger partial charge in [-0.2, -0.15) is 12.6 Å². The highest BCUT2D eigenvalue weighted by atomic mass is 32.1. The molecule has 3 amide bonds. The fraction of sp³-hybridized carbons (Fsp3) is 0.350. The summed E-state index contributed by atoms with van der Waals surface area (Å²) in [7, 11) is 0. The summed E-state index contributed by atoms with van der Waals surface area (Å²) >= 11 is 4.03. The monoisotopic (exact) mass is 478 g/mol. The number of aromatic amines is 1. The zero-order chi connectivity index (χ0) is 24.4. The number of hydrogen-bond donors (Lipinski definition) is 8. The Hall–Kier alpha value is -3.58. The summed E-state index contributed by atoms with van der Waals surface area (Å²) in [5.74, 6) is -3.24. The highest BCUT2D eigenvalue weighted by Crippen LogP contribution is 2.10. The Morgan fingerprint density at radius 1 is 1.06 bits per heavy atom. The van der Waals surface area contributed by atoms with Gasteiger partial charge >= 0.3 is 5.97 Å². The van der Waals surface area contributed by atoms with Crippen LogP contribution in [0.3, 0.4) is 0 Å². The molecule has 0 spiro atoms. The van der Waals surface area contributed by atoms with E-state index in [4.69, 9.17) is 5.73 Å². The van der Waals surface area contributed by atoms with Crippen molar-refractivity contribution in [3.05, 3.63) is 48.0 Å². The number of phenolic OH excluding ortho intramolecular Hbond substituents is 1. The number of carboxylic acids is 1. The number of aromatic nitrogens is 2. The Bertz CT molecular complexity index is 952. The zero-order valence-corrected chi connectivity index (χ0v) is 18.4. The number of benzene rings is 1. The third-order valence-corrected chi connectivity index (χ3v) is 4.94. The summed E-state index contributed by atoms with van der Waals surface area (Å²) in [5, 5.41) is 25.8. The molecule has 33 heavy (non-hydrogen) atoms. The lowest BCUT2D eigenvalue weighted by atomic mass is 10.1. The molecule has 0 aliphatic rings. The van der Waals surface area contributed by atoms with Crippen molar-refractivity contribution in [3.8, 4) is 5.75 Å². The number of H-pyrrole nitrogens is 1. The van der Waals surface area contributed by atoms with Crippen LogP contribution >= 0.6 is 12.6 Å². The molecule has 3 atom stereocenters. The molecule has 8 N–H and O–H groups in total. The normalized spacial score (nSPS) is 13.4. The van der Waals surface area contributed by atoms with Gasteiger partial charge in [-0.15, -0.1) is 0 Å². The molecular weight excluding hydrogens is 452 g/mol. The molecule has 0 aliphatic heterocycles. The minimum Gasteiger partial charge on any atom is -0.508 e. The first kappa shape index (κ1) is 25.7. The molecule has 2 aromatic rings. The highest BCUT2D eigenvalue weighted by Gasteiger charge is 2.26. The number of hydrogen-bond acceptors (Lipinski definition) is 8. The third kappa shape index (κ3) is 8.46. The molecule has 3 unspecified atom stereocenters. The van der Waals surface area contributed by atoms with Crippen molar-refractivity contribution in [2.45, 2.75) is 31.0 Å². The van der Waals surface area contributed by atoms with E-state index in [0.717, 1.165) is 5.56 Å². The summed E-state index contributed by atoms with van der Waals surface area (Å²) in [4.78, 5) is 54.8. The molecule has 13 heteroatoms. The topological polar surface area (TPSA) is 200 Å². The van der Waals surface area contributed by atoms with Crippen LogP contribution in [0.15, 0.2) is 36.8 Å². The number of amides is 3. The van der Waals surface area contributed by atoms with Gasteiger partial charge in [0, 0.05) is 24.1 Å². The molecule has 0 bridgehead atoms. The summed E-state index contributed by atoms with van der Waals surface area (Å²) in [6, 6.07) is 2.91.